The van der Waals surface area contributed by atoms with Gasteiger partial charge in [0.05, 0.1) is 12.3 Å². The van der Waals surface area contributed by atoms with Crippen LogP contribution in [-0.4, -0.2) is 46.0 Å². The fraction of sp³-hybridized carbons (Fsp3) is 0.583. The van der Waals surface area contributed by atoms with Crippen LogP contribution >= 0.6 is 0 Å². The van der Waals surface area contributed by atoms with Gasteiger partial charge in [0.1, 0.15) is 12.0 Å². The number of nitrogens with zero attached hydrogens (tertiary/aromatic N) is 3. The maximum absolute atomic E-state index is 5.77. The molecule has 1 atom stereocenters. The molecule has 3 heterocycles. The van der Waals surface area contributed by atoms with Crippen molar-refractivity contribution in [3.8, 4) is 5.88 Å². The molecule has 0 spiro atoms. The molecule has 0 amide bonds. The highest BCUT2D eigenvalue weighted by Gasteiger charge is 2.18. The van der Waals surface area contributed by atoms with Crippen LogP contribution < -0.4 is 10.1 Å². The van der Waals surface area contributed by atoms with Crippen LogP contribution in [0.2, 0.25) is 0 Å². The summed E-state index contributed by atoms with van der Waals surface area (Å²) in [5.41, 5.74) is 0.674. The average Bonchev–Trinajstić information content (AvgIpc) is 3.07. The number of aromatic amines is 1. The molecule has 0 bridgehead atoms. The van der Waals surface area contributed by atoms with Gasteiger partial charge in [-0.3, -0.25) is 5.10 Å². The lowest BCUT2D eigenvalue weighted by atomic mass is 10.2. The van der Waals surface area contributed by atoms with Crippen LogP contribution in [0.15, 0.2) is 6.20 Å². The first kappa shape index (κ1) is 12.2. The Kier molecular flexibility index (Phi) is 3.45. The largest absolute Gasteiger partial charge is 0.474 e. The van der Waals surface area contributed by atoms with Crippen molar-refractivity contribution >= 4 is 17.0 Å². The molecule has 2 aromatic rings. The summed E-state index contributed by atoms with van der Waals surface area (Å²) in [4.78, 5) is 8.68. The molecule has 7 heteroatoms. The fourth-order valence-corrected chi connectivity index (χ4v) is 2.10. The zero-order valence-electron chi connectivity index (χ0n) is 10.8. The van der Waals surface area contributed by atoms with Crippen LogP contribution in [0.25, 0.3) is 11.0 Å². The second kappa shape index (κ2) is 5.40. The van der Waals surface area contributed by atoms with Gasteiger partial charge in [-0.1, -0.05) is 0 Å². The second-order valence-corrected chi connectivity index (χ2v) is 4.46. The van der Waals surface area contributed by atoms with E-state index in [4.69, 9.17) is 9.47 Å². The normalized spacial score (nSPS) is 18.9. The topological polar surface area (TPSA) is 85.0 Å². The number of hydrogen-bond acceptors (Lipinski definition) is 6. The molecule has 0 aliphatic carbocycles. The van der Waals surface area contributed by atoms with Gasteiger partial charge in [0, 0.05) is 13.2 Å². The van der Waals surface area contributed by atoms with Gasteiger partial charge in [-0.15, -0.1) is 0 Å². The van der Waals surface area contributed by atoms with Gasteiger partial charge in [-0.2, -0.15) is 15.1 Å². The minimum absolute atomic E-state index is 0.166. The van der Waals surface area contributed by atoms with Crippen LogP contribution in [0.1, 0.15) is 19.8 Å². The highest BCUT2D eigenvalue weighted by Crippen LogP contribution is 2.23. The van der Waals surface area contributed by atoms with Crippen molar-refractivity contribution in [1.29, 1.82) is 0 Å². The Morgan fingerprint density at radius 3 is 3.26 bits per heavy atom. The van der Waals surface area contributed by atoms with Gasteiger partial charge in [-0.25, -0.2) is 0 Å². The molecule has 1 aliphatic rings. The number of rotatable bonds is 5. The van der Waals surface area contributed by atoms with E-state index in [1.54, 1.807) is 6.20 Å². The maximum atomic E-state index is 5.77. The molecule has 1 saturated heterocycles. The van der Waals surface area contributed by atoms with E-state index in [-0.39, 0.29) is 6.10 Å². The Labute approximate surface area is 110 Å². The minimum atomic E-state index is 0.166. The van der Waals surface area contributed by atoms with Crippen molar-refractivity contribution in [3.05, 3.63) is 6.20 Å². The lowest BCUT2D eigenvalue weighted by molar-refractivity contribution is 0.0669. The standard InChI is InChI=1S/C12H17N5O2/c1-2-13-12-15-10-9(6-14-17-10)11(16-12)19-7-8-4-3-5-18-8/h6,8H,2-5,7H2,1H3,(H2,13,14,15,16,17). The number of hydrogen-bond donors (Lipinski definition) is 2. The van der Waals surface area contributed by atoms with E-state index in [9.17, 15) is 0 Å². The van der Waals surface area contributed by atoms with Gasteiger partial charge in [0.2, 0.25) is 11.8 Å². The summed E-state index contributed by atoms with van der Waals surface area (Å²) < 4.78 is 11.3. The third-order valence-corrected chi connectivity index (χ3v) is 3.04. The molecule has 0 radical (unpaired) electrons. The number of fused-ring (bicyclic) bond motifs is 1. The van der Waals surface area contributed by atoms with Crippen molar-refractivity contribution in [3.63, 3.8) is 0 Å². The fourth-order valence-electron chi connectivity index (χ4n) is 2.10. The van der Waals surface area contributed by atoms with Crippen molar-refractivity contribution in [2.24, 2.45) is 0 Å². The number of nitrogens with one attached hydrogen (secondary N) is 2. The van der Waals surface area contributed by atoms with Crippen LogP contribution in [0.5, 0.6) is 5.88 Å². The molecule has 0 saturated carbocycles. The molecule has 19 heavy (non-hydrogen) atoms. The van der Waals surface area contributed by atoms with E-state index < -0.39 is 0 Å². The molecular weight excluding hydrogens is 246 g/mol. The third kappa shape index (κ3) is 2.60. The zero-order valence-corrected chi connectivity index (χ0v) is 10.8. The van der Waals surface area contributed by atoms with Gasteiger partial charge < -0.3 is 14.8 Å². The number of H-pyrrole nitrogens is 1. The van der Waals surface area contributed by atoms with Gasteiger partial charge in [-0.05, 0) is 19.8 Å². The van der Waals surface area contributed by atoms with E-state index in [1.807, 2.05) is 6.92 Å². The summed E-state index contributed by atoms with van der Waals surface area (Å²) in [6.07, 6.45) is 3.98. The molecule has 2 aromatic heterocycles. The van der Waals surface area contributed by atoms with Crippen LogP contribution in [0, 0.1) is 0 Å². The first-order valence-electron chi connectivity index (χ1n) is 6.56. The van der Waals surface area contributed by atoms with Crippen molar-refractivity contribution in [2.75, 3.05) is 25.1 Å². The Morgan fingerprint density at radius 2 is 2.47 bits per heavy atom. The van der Waals surface area contributed by atoms with Crippen molar-refractivity contribution in [1.82, 2.24) is 20.2 Å². The molecule has 2 N–H and O–H groups in total. The van der Waals surface area contributed by atoms with Crippen LogP contribution in [0.4, 0.5) is 5.95 Å². The van der Waals surface area contributed by atoms with E-state index in [2.05, 4.69) is 25.5 Å². The second-order valence-electron chi connectivity index (χ2n) is 4.46. The number of ether oxygens (including phenoxy) is 2. The SMILES string of the molecule is CCNc1nc(OCC2CCCO2)c2cn[nH]c2n1. The van der Waals surface area contributed by atoms with Gasteiger partial charge >= 0.3 is 0 Å². The van der Waals surface area contributed by atoms with E-state index in [0.717, 1.165) is 31.4 Å². The summed E-state index contributed by atoms with van der Waals surface area (Å²) in [7, 11) is 0. The van der Waals surface area contributed by atoms with E-state index >= 15 is 0 Å². The third-order valence-electron chi connectivity index (χ3n) is 3.04. The predicted molar refractivity (Wildman–Crippen MR) is 70.3 cm³/mol. The minimum Gasteiger partial charge on any atom is -0.474 e. The predicted octanol–water partition coefficient (Wildman–Crippen LogP) is 1.34. The highest BCUT2D eigenvalue weighted by atomic mass is 16.5. The molecule has 1 unspecified atom stereocenters. The summed E-state index contributed by atoms with van der Waals surface area (Å²) in [6.45, 7) is 4.09. The average molecular weight is 263 g/mol. The molecular formula is C12H17N5O2. The molecule has 1 aliphatic heterocycles. The highest BCUT2D eigenvalue weighted by molar-refractivity contribution is 5.80. The molecule has 102 valence electrons. The zero-order chi connectivity index (χ0) is 13.1. The maximum Gasteiger partial charge on any atom is 0.229 e. The molecule has 7 nitrogen and oxygen atoms in total. The molecule has 3 rings (SSSR count). The van der Waals surface area contributed by atoms with E-state index in [1.165, 1.54) is 0 Å². The Bertz CT molecular complexity index is 550. The van der Waals surface area contributed by atoms with Crippen molar-refractivity contribution in [2.45, 2.75) is 25.9 Å². The summed E-state index contributed by atoms with van der Waals surface area (Å²) >= 11 is 0. The lowest BCUT2D eigenvalue weighted by Crippen LogP contribution is -2.17. The number of aromatic nitrogens is 4. The number of anilines is 1. The van der Waals surface area contributed by atoms with E-state index in [0.29, 0.717) is 24.1 Å². The van der Waals surface area contributed by atoms with Gasteiger partial charge in [0.15, 0.2) is 5.65 Å². The molecule has 1 fully saturated rings. The van der Waals surface area contributed by atoms with Gasteiger partial charge in [0.25, 0.3) is 0 Å². The summed E-state index contributed by atoms with van der Waals surface area (Å²) in [5, 5.41) is 10.7. The Hall–Kier alpha value is -1.89. The molecule has 0 aromatic carbocycles. The van der Waals surface area contributed by atoms with Crippen LogP contribution in [0.3, 0.4) is 0 Å². The lowest BCUT2D eigenvalue weighted by Gasteiger charge is -2.12. The Balaban J connectivity index is 1.80. The Morgan fingerprint density at radius 1 is 1.53 bits per heavy atom. The van der Waals surface area contributed by atoms with Crippen molar-refractivity contribution < 1.29 is 9.47 Å². The first-order chi connectivity index (χ1) is 9.36. The van der Waals surface area contributed by atoms with Crippen LogP contribution in [-0.2, 0) is 4.74 Å². The summed E-state index contributed by atoms with van der Waals surface area (Å²) in [6, 6.07) is 0. The monoisotopic (exact) mass is 263 g/mol. The summed E-state index contributed by atoms with van der Waals surface area (Å²) in [5.74, 6) is 1.09. The first-order valence-corrected chi connectivity index (χ1v) is 6.56. The quantitative estimate of drug-likeness (QED) is 0.846. The smallest absolute Gasteiger partial charge is 0.229 e.